The second-order valence-electron chi connectivity index (χ2n) is 10.6. The second kappa shape index (κ2) is 11.8. The Morgan fingerprint density at radius 2 is 1.38 bits per heavy atom. The predicted octanol–water partition coefficient (Wildman–Crippen LogP) is 6.89. The molecule has 0 unspecified atom stereocenters. The molecule has 45 heavy (non-hydrogen) atoms. The lowest BCUT2D eigenvalue weighted by atomic mass is 9.78. The Morgan fingerprint density at radius 3 is 1.98 bits per heavy atom. The van der Waals surface area contributed by atoms with Gasteiger partial charge < -0.3 is 19.8 Å². The van der Waals surface area contributed by atoms with Crippen molar-refractivity contribution in [2.24, 2.45) is 10.2 Å². The molecule has 0 aromatic heterocycles. The average Bonchev–Trinajstić information content (AvgIpc) is 3.00. The topological polar surface area (TPSA) is 178 Å². The van der Waals surface area contributed by atoms with Gasteiger partial charge in [-0.25, -0.2) is 0 Å². The first-order valence-electron chi connectivity index (χ1n) is 13.4. The molecule has 0 atom stereocenters. The van der Waals surface area contributed by atoms with E-state index in [-0.39, 0.29) is 43.9 Å². The molecule has 0 saturated carbocycles. The molecule has 5 rings (SSSR count). The van der Waals surface area contributed by atoms with Crippen LogP contribution in [-0.4, -0.2) is 33.6 Å². The van der Waals surface area contributed by atoms with Crippen LogP contribution in [0, 0.1) is 0 Å². The summed E-state index contributed by atoms with van der Waals surface area (Å²) in [4.78, 5) is -0.792. The van der Waals surface area contributed by atoms with Crippen LogP contribution in [0.15, 0.2) is 117 Å². The minimum absolute atomic E-state index is 0.0323. The maximum atomic E-state index is 13.4. The van der Waals surface area contributed by atoms with Gasteiger partial charge in [0.25, 0.3) is 10.1 Å². The molecule has 13 heteroatoms. The van der Waals surface area contributed by atoms with Crippen molar-refractivity contribution in [2.45, 2.75) is 29.1 Å². The summed E-state index contributed by atoms with van der Waals surface area (Å²) in [6.45, 7) is 4.11. The molecule has 0 saturated heterocycles. The van der Waals surface area contributed by atoms with Gasteiger partial charge in [0.05, 0.1) is 23.1 Å². The van der Waals surface area contributed by atoms with Crippen LogP contribution in [0.2, 0.25) is 0 Å². The number of nitrogens with zero attached hydrogens (tertiary/aromatic N) is 2. The third-order valence-electron chi connectivity index (χ3n) is 7.36. The third-order valence-corrected chi connectivity index (χ3v) is 9.49. The maximum absolute atomic E-state index is 13.4. The molecular formula is C32H29N3O8S2. The van der Waals surface area contributed by atoms with Crippen molar-refractivity contribution in [1.29, 1.82) is 0 Å². The number of nitrogen functional groups attached to an aromatic ring is 1. The molecule has 0 aliphatic rings. The lowest BCUT2D eigenvalue weighted by Crippen LogP contribution is -2.18. The fraction of sp³-hybridized carbons (Fsp3) is 0.125. The van der Waals surface area contributed by atoms with Crippen molar-refractivity contribution in [3.63, 3.8) is 0 Å². The summed E-state index contributed by atoms with van der Waals surface area (Å²) < 4.78 is 70.1. The van der Waals surface area contributed by atoms with Crippen LogP contribution in [0.1, 0.15) is 25.0 Å². The predicted molar refractivity (Wildman–Crippen MR) is 170 cm³/mol. The van der Waals surface area contributed by atoms with Crippen LogP contribution in [0.4, 0.5) is 17.1 Å². The van der Waals surface area contributed by atoms with Crippen molar-refractivity contribution in [2.75, 3.05) is 12.8 Å². The fourth-order valence-electron chi connectivity index (χ4n) is 4.80. The van der Waals surface area contributed by atoms with Gasteiger partial charge in [0.2, 0.25) is 0 Å². The molecule has 5 aromatic carbocycles. The standard InChI is InChI=1S/C32H29N3O8S2/c1-32(2,21-9-13-23(42-3)14-10-21)22-11-15-24(16-12-22)43-45(40,41)29-7-5-4-6-27(29)34-35-31-26(33)17-8-20-18-25(44(37,38)39)19-28(36)30(20)31/h4-19,36H,33H2,1-3H3,(H,37,38,39). The largest absolute Gasteiger partial charge is 0.507 e. The highest BCUT2D eigenvalue weighted by Gasteiger charge is 2.25. The van der Waals surface area contributed by atoms with E-state index in [1.165, 1.54) is 30.3 Å². The lowest BCUT2D eigenvalue weighted by molar-refractivity contribution is 0.414. The maximum Gasteiger partial charge on any atom is 0.341 e. The second-order valence-corrected chi connectivity index (χ2v) is 13.5. The minimum atomic E-state index is -4.60. The number of fused-ring (bicyclic) bond motifs is 1. The Kier molecular flexibility index (Phi) is 8.27. The normalized spacial score (nSPS) is 12.4. The summed E-state index contributed by atoms with van der Waals surface area (Å²) in [7, 11) is -7.38. The molecule has 4 N–H and O–H groups in total. The van der Waals surface area contributed by atoms with Gasteiger partial charge in [-0.3, -0.25) is 4.55 Å². The molecule has 0 radical (unpaired) electrons. The smallest absolute Gasteiger partial charge is 0.341 e. The van der Waals surface area contributed by atoms with E-state index in [1.54, 1.807) is 37.4 Å². The van der Waals surface area contributed by atoms with Crippen molar-refractivity contribution in [3.05, 3.63) is 108 Å². The lowest BCUT2D eigenvalue weighted by Gasteiger charge is -2.26. The van der Waals surface area contributed by atoms with Gasteiger partial charge in [-0.2, -0.15) is 16.8 Å². The van der Waals surface area contributed by atoms with Crippen LogP contribution in [0.5, 0.6) is 17.2 Å². The number of rotatable bonds is 9. The van der Waals surface area contributed by atoms with Crippen LogP contribution in [-0.2, 0) is 25.7 Å². The van der Waals surface area contributed by atoms with E-state index in [0.29, 0.717) is 0 Å². The number of phenols is 1. The average molecular weight is 648 g/mol. The molecule has 5 aromatic rings. The van der Waals surface area contributed by atoms with Gasteiger partial charge >= 0.3 is 10.1 Å². The number of hydrogen-bond acceptors (Lipinski definition) is 10. The van der Waals surface area contributed by atoms with Crippen molar-refractivity contribution < 1.29 is 35.4 Å². The summed E-state index contributed by atoms with van der Waals surface area (Å²) in [5.74, 6) is 0.314. The van der Waals surface area contributed by atoms with Gasteiger partial charge in [-0.05, 0) is 65.0 Å². The van der Waals surface area contributed by atoms with Crippen molar-refractivity contribution in [1.82, 2.24) is 0 Å². The number of ether oxygens (including phenoxy) is 1. The third kappa shape index (κ3) is 6.45. The Balaban J connectivity index is 1.44. The number of phenolic OH excluding ortho intramolecular Hbond substituents is 1. The zero-order valence-electron chi connectivity index (χ0n) is 24.4. The Labute approximate surface area is 260 Å². The highest BCUT2D eigenvalue weighted by Crippen LogP contribution is 2.41. The highest BCUT2D eigenvalue weighted by atomic mass is 32.2. The first-order chi connectivity index (χ1) is 21.2. The summed E-state index contributed by atoms with van der Waals surface area (Å²) in [5.41, 5.74) is 7.65. The van der Waals surface area contributed by atoms with E-state index in [4.69, 9.17) is 14.7 Å². The fourth-order valence-corrected chi connectivity index (χ4v) is 6.40. The van der Waals surface area contributed by atoms with Crippen molar-refractivity contribution >= 4 is 48.1 Å². The van der Waals surface area contributed by atoms with Crippen LogP contribution in [0.3, 0.4) is 0 Å². The van der Waals surface area contributed by atoms with Gasteiger partial charge in [-0.1, -0.05) is 56.3 Å². The first-order valence-corrected chi connectivity index (χ1v) is 16.3. The Bertz CT molecular complexity index is 2150. The molecule has 232 valence electrons. The molecular weight excluding hydrogens is 618 g/mol. The van der Waals surface area contributed by atoms with E-state index < -0.39 is 30.9 Å². The Morgan fingerprint density at radius 1 is 0.778 bits per heavy atom. The first kappa shape index (κ1) is 31.4. The number of azo groups is 1. The molecule has 0 heterocycles. The highest BCUT2D eigenvalue weighted by molar-refractivity contribution is 7.87. The summed E-state index contributed by atoms with van der Waals surface area (Å²) in [6, 6.07) is 25.1. The summed E-state index contributed by atoms with van der Waals surface area (Å²) >= 11 is 0. The molecule has 0 amide bonds. The van der Waals surface area contributed by atoms with Gasteiger partial charge in [0.15, 0.2) is 0 Å². The summed E-state index contributed by atoms with van der Waals surface area (Å²) in [5, 5.41) is 19.0. The van der Waals surface area contributed by atoms with E-state index in [0.717, 1.165) is 29.0 Å². The minimum Gasteiger partial charge on any atom is -0.507 e. The molecule has 11 nitrogen and oxygen atoms in total. The van der Waals surface area contributed by atoms with Gasteiger partial charge in [0.1, 0.15) is 33.5 Å². The number of nitrogens with two attached hydrogens (primary N) is 1. The molecule has 0 aliphatic carbocycles. The molecule has 0 spiro atoms. The number of methoxy groups -OCH3 is 1. The van der Waals surface area contributed by atoms with Gasteiger partial charge in [-0.15, -0.1) is 10.2 Å². The number of anilines is 1. The van der Waals surface area contributed by atoms with Crippen LogP contribution in [0.25, 0.3) is 10.8 Å². The molecule has 0 fully saturated rings. The molecule has 0 aliphatic heterocycles. The quantitative estimate of drug-likeness (QED) is 0.0665. The van der Waals surface area contributed by atoms with Crippen LogP contribution < -0.4 is 14.7 Å². The van der Waals surface area contributed by atoms with E-state index in [9.17, 15) is 26.5 Å². The number of hydrogen-bond donors (Lipinski definition) is 3. The molecule has 0 bridgehead atoms. The zero-order chi connectivity index (χ0) is 32.6. The van der Waals surface area contributed by atoms with Crippen LogP contribution >= 0.6 is 0 Å². The zero-order valence-corrected chi connectivity index (χ0v) is 26.0. The number of benzene rings is 5. The van der Waals surface area contributed by atoms with E-state index >= 15 is 0 Å². The monoisotopic (exact) mass is 647 g/mol. The van der Waals surface area contributed by atoms with E-state index in [2.05, 4.69) is 24.1 Å². The van der Waals surface area contributed by atoms with Crippen molar-refractivity contribution in [3.8, 4) is 17.2 Å². The van der Waals surface area contributed by atoms with Gasteiger partial charge in [0, 0.05) is 11.5 Å². The summed E-state index contributed by atoms with van der Waals surface area (Å²) in [6.07, 6.45) is 0. The Hall–Kier alpha value is -4.98. The number of aromatic hydroxyl groups is 1. The SMILES string of the molecule is COc1ccc(C(C)(C)c2ccc(OS(=O)(=O)c3ccccc3N=Nc3c(N)ccc4cc(S(=O)(=O)O)cc(O)c34)cc2)cc1. The van der Waals surface area contributed by atoms with E-state index in [1.807, 2.05) is 24.3 Å².